The number of ether oxygens (including phenoxy) is 2. The summed E-state index contributed by atoms with van der Waals surface area (Å²) in [6.07, 6.45) is 4.29. The standard InChI is InChI=1S/C28H32BrClN2O4/c1-31(2)25(33)23-8-7-22(15-24(23)30)36-14-9-20-16-27(20)10-12-32(13-11-27)26(34)28(17-35-18-28)19-3-5-21(29)6-4-19/h3-8,15,20H,9-14,16-18H2,1-2H3/t20-/m0/s1. The number of hydrogen-bond acceptors (Lipinski definition) is 4. The molecule has 3 aliphatic rings. The van der Waals surface area contributed by atoms with Crippen molar-refractivity contribution in [2.45, 2.75) is 31.1 Å². The predicted octanol–water partition coefficient (Wildman–Crippen LogP) is 5.17. The third-order valence-electron chi connectivity index (χ3n) is 8.22. The Balaban J connectivity index is 1.11. The van der Waals surface area contributed by atoms with Gasteiger partial charge in [0.2, 0.25) is 5.91 Å². The van der Waals surface area contributed by atoms with Crippen molar-refractivity contribution in [3.63, 3.8) is 0 Å². The lowest BCUT2D eigenvalue weighted by atomic mass is 9.76. The predicted molar refractivity (Wildman–Crippen MR) is 143 cm³/mol. The molecule has 6 nitrogen and oxygen atoms in total. The van der Waals surface area contributed by atoms with Crippen molar-refractivity contribution in [2.75, 3.05) is 47.0 Å². The van der Waals surface area contributed by atoms with E-state index in [4.69, 9.17) is 21.1 Å². The van der Waals surface area contributed by atoms with E-state index in [1.807, 2.05) is 24.3 Å². The maximum atomic E-state index is 13.5. The summed E-state index contributed by atoms with van der Waals surface area (Å²) >= 11 is 9.78. The lowest BCUT2D eigenvalue weighted by molar-refractivity contribution is -0.158. The molecule has 2 aromatic rings. The molecule has 2 saturated heterocycles. The second-order valence-corrected chi connectivity index (χ2v) is 11.9. The summed E-state index contributed by atoms with van der Waals surface area (Å²) in [6.45, 7) is 3.17. The summed E-state index contributed by atoms with van der Waals surface area (Å²) in [5.74, 6) is 1.40. The molecule has 3 fully saturated rings. The van der Waals surface area contributed by atoms with Gasteiger partial charge in [0.1, 0.15) is 11.2 Å². The van der Waals surface area contributed by atoms with Crippen LogP contribution in [0.1, 0.15) is 41.6 Å². The van der Waals surface area contributed by atoms with Crippen LogP contribution in [0, 0.1) is 11.3 Å². The van der Waals surface area contributed by atoms with Crippen molar-refractivity contribution in [2.24, 2.45) is 11.3 Å². The zero-order chi connectivity index (χ0) is 25.5. The van der Waals surface area contributed by atoms with E-state index in [1.165, 1.54) is 11.3 Å². The fourth-order valence-corrected chi connectivity index (χ4v) is 6.23. The number of halogens is 2. The second-order valence-electron chi connectivity index (χ2n) is 10.6. The molecule has 36 heavy (non-hydrogen) atoms. The summed E-state index contributed by atoms with van der Waals surface area (Å²) in [7, 11) is 3.41. The van der Waals surface area contributed by atoms with Gasteiger partial charge in [0.15, 0.2) is 0 Å². The molecule has 1 saturated carbocycles. The van der Waals surface area contributed by atoms with Gasteiger partial charge in [-0.3, -0.25) is 9.59 Å². The maximum Gasteiger partial charge on any atom is 0.254 e. The van der Waals surface area contributed by atoms with E-state index in [9.17, 15) is 9.59 Å². The number of rotatable bonds is 7. The smallest absolute Gasteiger partial charge is 0.254 e. The molecule has 2 heterocycles. The Morgan fingerprint density at radius 1 is 1.14 bits per heavy atom. The molecule has 1 aliphatic carbocycles. The topological polar surface area (TPSA) is 59.1 Å². The molecule has 0 N–H and O–H groups in total. The molecule has 192 valence electrons. The van der Waals surface area contributed by atoms with E-state index >= 15 is 0 Å². The van der Waals surface area contributed by atoms with Crippen LogP contribution in [0.3, 0.4) is 0 Å². The van der Waals surface area contributed by atoms with Gasteiger partial charge in [0.05, 0.1) is 30.4 Å². The van der Waals surface area contributed by atoms with Gasteiger partial charge in [-0.1, -0.05) is 39.7 Å². The minimum absolute atomic E-state index is 0.121. The van der Waals surface area contributed by atoms with Gasteiger partial charge in [0, 0.05) is 31.7 Å². The van der Waals surface area contributed by atoms with Crippen LogP contribution in [0.15, 0.2) is 46.9 Å². The number of piperidine rings is 1. The SMILES string of the molecule is CN(C)C(=O)c1ccc(OCC[C@H]2CC23CCN(C(=O)C2(c4ccc(Br)cc4)COC2)CC3)cc1Cl. The van der Waals surface area contributed by atoms with Gasteiger partial charge in [-0.15, -0.1) is 0 Å². The molecule has 2 amide bonds. The molecule has 0 unspecified atom stereocenters. The highest BCUT2D eigenvalue weighted by atomic mass is 79.9. The molecule has 0 radical (unpaired) electrons. The zero-order valence-electron chi connectivity index (χ0n) is 20.8. The molecular formula is C28H32BrClN2O4. The van der Waals surface area contributed by atoms with Gasteiger partial charge < -0.3 is 19.3 Å². The number of carbonyl (C=O) groups excluding carboxylic acids is 2. The van der Waals surface area contributed by atoms with Crippen molar-refractivity contribution in [3.8, 4) is 5.75 Å². The summed E-state index contributed by atoms with van der Waals surface area (Å²) in [6, 6.07) is 13.3. The first-order chi connectivity index (χ1) is 17.2. The first-order valence-electron chi connectivity index (χ1n) is 12.5. The van der Waals surface area contributed by atoms with Crippen LogP contribution in [-0.4, -0.2) is 68.6 Å². The minimum Gasteiger partial charge on any atom is -0.494 e. The summed E-state index contributed by atoms with van der Waals surface area (Å²) < 4.78 is 12.5. The largest absolute Gasteiger partial charge is 0.494 e. The highest BCUT2D eigenvalue weighted by Crippen LogP contribution is 2.61. The van der Waals surface area contributed by atoms with Crippen molar-refractivity contribution >= 4 is 39.3 Å². The van der Waals surface area contributed by atoms with E-state index in [-0.39, 0.29) is 11.8 Å². The Bertz CT molecular complexity index is 1140. The molecule has 1 spiro atoms. The number of nitrogens with zero attached hydrogens (tertiary/aromatic N) is 2. The average Bonchev–Trinajstić information content (AvgIpc) is 3.50. The molecule has 0 aromatic heterocycles. The lowest BCUT2D eigenvalue weighted by Gasteiger charge is -2.45. The van der Waals surface area contributed by atoms with E-state index < -0.39 is 5.41 Å². The number of likely N-dealkylation sites (tertiary alicyclic amines) is 1. The zero-order valence-corrected chi connectivity index (χ0v) is 23.1. The van der Waals surface area contributed by atoms with E-state index in [0.29, 0.717) is 47.5 Å². The summed E-state index contributed by atoms with van der Waals surface area (Å²) in [5.41, 5.74) is 1.34. The highest BCUT2D eigenvalue weighted by molar-refractivity contribution is 9.10. The second kappa shape index (κ2) is 9.99. The first kappa shape index (κ1) is 25.6. The average molecular weight is 576 g/mol. The van der Waals surface area contributed by atoms with Crippen LogP contribution >= 0.6 is 27.5 Å². The third-order valence-corrected chi connectivity index (χ3v) is 9.06. The molecule has 5 rings (SSSR count). The number of benzene rings is 2. The van der Waals surface area contributed by atoms with Crippen LogP contribution in [0.5, 0.6) is 5.75 Å². The Morgan fingerprint density at radius 2 is 1.83 bits per heavy atom. The number of hydrogen-bond donors (Lipinski definition) is 0. The van der Waals surface area contributed by atoms with Crippen LogP contribution in [0.25, 0.3) is 0 Å². The monoisotopic (exact) mass is 574 g/mol. The first-order valence-corrected chi connectivity index (χ1v) is 13.7. The van der Waals surface area contributed by atoms with Crippen LogP contribution in [0.4, 0.5) is 0 Å². The quantitative estimate of drug-likeness (QED) is 0.457. The van der Waals surface area contributed by atoms with E-state index in [1.54, 1.807) is 32.3 Å². The number of amides is 2. The fraction of sp³-hybridized carbons (Fsp3) is 0.500. The number of carbonyl (C=O) groups is 2. The highest BCUT2D eigenvalue weighted by Gasteiger charge is 2.56. The summed E-state index contributed by atoms with van der Waals surface area (Å²) in [5, 5.41) is 0.406. The molecule has 8 heteroatoms. The molecule has 2 aliphatic heterocycles. The fourth-order valence-electron chi connectivity index (χ4n) is 5.72. The van der Waals surface area contributed by atoms with Crippen LogP contribution in [0.2, 0.25) is 5.02 Å². The minimum atomic E-state index is -0.532. The van der Waals surface area contributed by atoms with Crippen LogP contribution in [-0.2, 0) is 14.9 Å². The van der Waals surface area contributed by atoms with Crippen molar-refractivity contribution < 1.29 is 19.1 Å². The van der Waals surface area contributed by atoms with E-state index in [2.05, 4.69) is 20.8 Å². The van der Waals surface area contributed by atoms with Crippen molar-refractivity contribution in [1.29, 1.82) is 0 Å². The Morgan fingerprint density at radius 3 is 2.42 bits per heavy atom. The molecule has 2 aromatic carbocycles. The van der Waals surface area contributed by atoms with Crippen molar-refractivity contribution in [1.82, 2.24) is 9.80 Å². The van der Waals surface area contributed by atoms with Gasteiger partial charge in [-0.05, 0) is 72.9 Å². The third kappa shape index (κ3) is 4.77. The Hall–Kier alpha value is -2.09. The normalized spacial score (nSPS) is 21.6. The van der Waals surface area contributed by atoms with Gasteiger partial charge >= 0.3 is 0 Å². The Labute approximate surface area is 226 Å². The van der Waals surface area contributed by atoms with E-state index in [0.717, 1.165) is 42.4 Å². The molecule has 0 bridgehead atoms. The van der Waals surface area contributed by atoms with Crippen molar-refractivity contribution in [3.05, 3.63) is 63.1 Å². The molecular weight excluding hydrogens is 544 g/mol. The lowest BCUT2D eigenvalue weighted by Crippen LogP contribution is -2.59. The van der Waals surface area contributed by atoms with Gasteiger partial charge in [-0.25, -0.2) is 0 Å². The van der Waals surface area contributed by atoms with Gasteiger partial charge in [0.25, 0.3) is 5.91 Å². The summed E-state index contributed by atoms with van der Waals surface area (Å²) in [4.78, 5) is 29.3. The van der Waals surface area contributed by atoms with Crippen LogP contribution < -0.4 is 4.74 Å². The molecule has 1 atom stereocenters. The van der Waals surface area contributed by atoms with Gasteiger partial charge in [-0.2, -0.15) is 0 Å². The Kier molecular flexibility index (Phi) is 7.09. The maximum absolute atomic E-state index is 13.5.